The van der Waals surface area contributed by atoms with E-state index in [4.69, 9.17) is 0 Å². The Hall–Kier alpha value is -0.770. The fourth-order valence-corrected chi connectivity index (χ4v) is 1.75. The fourth-order valence-electron chi connectivity index (χ4n) is 0.943. The lowest BCUT2D eigenvalue weighted by atomic mass is 10.4. The van der Waals surface area contributed by atoms with Crippen molar-refractivity contribution in [3.05, 3.63) is 18.1 Å². The Balaban J connectivity index is 2.50. The minimum atomic E-state index is 0.678. The second kappa shape index (κ2) is 5.86. The van der Waals surface area contributed by atoms with Crippen LogP contribution >= 0.6 is 11.8 Å². The van der Waals surface area contributed by atoms with Crippen molar-refractivity contribution in [2.45, 2.75) is 31.3 Å². The minimum absolute atomic E-state index is 0.678. The summed E-state index contributed by atoms with van der Waals surface area (Å²) in [4.78, 5) is 8.58. The van der Waals surface area contributed by atoms with E-state index < -0.39 is 0 Å². The highest BCUT2D eigenvalue weighted by Gasteiger charge is 2.02. The van der Waals surface area contributed by atoms with Gasteiger partial charge in [-0.15, -0.1) is 0 Å². The smallest absolute Gasteiger partial charge is 0.140 e. The summed E-state index contributed by atoms with van der Waals surface area (Å²) in [6.45, 7) is 4.43. The largest absolute Gasteiger partial charge is 0.373 e. The highest BCUT2D eigenvalue weighted by Crippen LogP contribution is 2.17. The van der Waals surface area contributed by atoms with Crippen molar-refractivity contribution in [2.24, 2.45) is 0 Å². The van der Waals surface area contributed by atoms with E-state index in [-0.39, 0.29) is 0 Å². The molecule has 0 aliphatic heterocycles. The van der Waals surface area contributed by atoms with Gasteiger partial charge in [-0.3, -0.25) is 0 Å². The first-order valence-electron chi connectivity index (χ1n) is 4.87. The molecule has 0 saturated carbocycles. The maximum atomic E-state index is 4.35. The molecule has 0 saturated heterocycles. The maximum Gasteiger partial charge on any atom is 0.140 e. The summed E-state index contributed by atoms with van der Waals surface area (Å²) < 4.78 is 0. The van der Waals surface area contributed by atoms with Gasteiger partial charge in [0.05, 0.1) is 5.75 Å². The zero-order chi connectivity index (χ0) is 10.4. The van der Waals surface area contributed by atoms with Crippen LogP contribution in [0.25, 0.3) is 0 Å². The number of hydrogen-bond donors (Lipinski definition) is 1. The molecule has 0 aliphatic rings. The van der Waals surface area contributed by atoms with Crippen LogP contribution in [0.15, 0.2) is 12.3 Å². The van der Waals surface area contributed by atoms with E-state index in [9.17, 15) is 0 Å². The summed E-state index contributed by atoms with van der Waals surface area (Å²) in [5, 5.41) is 3.69. The van der Waals surface area contributed by atoms with Crippen LogP contribution in [-0.4, -0.2) is 22.3 Å². The molecule has 1 atom stereocenters. The van der Waals surface area contributed by atoms with Crippen LogP contribution in [0.1, 0.15) is 26.1 Å². The molecule has 0 aromatic carbocycles. The van der Waals surface area contributed by atoms with Crippen molar-refractivity contribution < 1.29 is 0 Å². The third-order valence-electron chi connectivity index (χ3n) is 2.03. The van der Waals surface area contributed by atoms with Gasteiger partial charge in [-0.05, 0) is 12.5 Å². The summed E-state index contributed by atoms with van der Waals surface area (Å²) in [6, 6.07) is 1.87. The van der Waals surface area contributed by atoms with Crippen molar-refractivity contribution in [1.82, 2.24) is 9.97 Å². The van der Waals surface area contributed by atoms with Crippen molar-refractivity contribution in [1.29, 1.82) is 0 Å². The van der Waals surface area contributed by atoms with Gasteiger partial charge in [-0.2, -0.15) is 11.8 Å². The van der Waals surface area contributed by atoms with Crippen molar-refractivity contribution >= 4 is 17.6 Å². The lowest BCUT2D eigenvalue weighted by Gasteiger charge is -2.07. The molecule has 1 unspecified atom stereocenters. The normalized spacial score (nSPS) is 12.5. The molecule has 4 heteroatoms. The Labute approximate surface area is 89.7 Å². The van der Waals surface area contributed by atoms with Crippen LogP contribution in [0, 0.1) is 0 Å². The molecule has 0 fully saturated rings. The average molecular weight is 211 g/mol. The molecule has 78 valence electrons. The first-order chi connectivity index (χ1) is 6.76. The zero-order valence-electron chi connectivity index (χ0n) is 8.95. The van der Waals surface area contributed by atoms with E-state index in [2.05, 4.69) is 29.1 Å². The Kier molecular flexibility index (Phi) is 4.73. The molecule has 0 bridgehead atoms. The van der Waals surface area contributed by atoms with Crippen LogP contribution in [0.4, 0.5) is 5.82 Å². The quantitative estimate of drug-likeness (QED) is 0.812. The van der Waals surface area contributed by atoms with Gasteiger partial charge >= 0.3 is 0 Å². The Morgan fingerprint density at radius 3 is 3.00 bits per heavy atom. The molecule has 1 aromatic heterocycles. The summed E-state index contributed by atoms with van der Waals surface area (Å²) in [6.07, 6.45) is 2.99. The molecular formula is C10H17N3S. The van der Waals surface area contributed by atoms with Crippen molar-refractivity contribution in [2.75, 3.05) is 12.4 Å². The summed E-state index contributed by atoms with van der Waals surface area (Å²) in [7, 11) is 1.87. The molecule has 0 spiro atoms. The minimum Gasteiger partial charge on any atom is -0.373 e. The highest BCUT2D eigenvalue weighted by molar-refractivity contribution is 7.99. The molecular weight excluding hydrogens is 194 g/mol. The number of rotatable bonds is 5. The summed E-state index contributed by atoms with van der Waals surface area (Å²) in [5.74, 6) is 2.69. The molecule has 1 N–H and O–H groups in total. The molecule has 1 heterocycles. The number of nitrogens with one attached hydrogen (secondary N) is 1. The van der Waals surface area contributed by atoms with Crippen LogP contribution in [0.3, 0.4) is 0 Å². The van der Waals surface area contributed by atoms with Crippen molar-refractivity contribution in [3.8, 4) is 0 Å². The van der Waals surface area contributed by atoms with E-state index in [1.165, 1.54) is 6.42 Å². The van der Waals surface area contributed by atoms with Gasteiger partial charge in [-0.1, -0.05) is 13.8 Å². The molecule has 0 amide bonds. The van der Waals surface area contributed by atoms with Gasteiger partial charge in [0.25, 0.3) is 0 Å². The van der Waals surface area contributed by atoms with Crippen LogP contribution < -0.4 is 5.32 Å². The number of hydrogen-bond acceptors (Lipinski definition) is 4. The third-order valence-corrected chi connectivity index (χ3v) is 3.36. The van der Waals surface area contributed by atoms with E-state index in [1.54, 1.807) is 6.20 Å². The number of aromatic nitrogens is 2. The van der Waals surface area contributed by atoms with Crippen LogP contribution in [0.5, 0.6) is 0 Å². The predicted molar refractivity (Wildman–Crippen MR) is 62.6 cm³/mol. The average Bonchev–Trinajstić information content (AvgIpc) is 2.26. The second-order valence-electron chi connectivity index (χ2n) is 3.14. The third kappa shape index (κ3) is 3.54. The standard InChI is InChI=1S/C10H17N3S/c1-4-8(2)14-7-10-12-6-5-9(11-3)13-10/h5-6,8H,4,7H2,1-3H3,(H,11,12,13). The molecule has 0 aliphatic carbocycles. The van der Waals surface area contributed by atoms with Gasteiger partial charge in [0.15, 0.2) is 0 Å². The highest BCUT2D eigenvalue weighted by atomic mass is 32.2. The topological polar surface area (TPSA) is 37.8 Å². The molecule has 0 radical (unpaired) electrons. The van der Waals surface area contributed by atoms with Crippen LogP contribution in [-0.2, 0) is 5.75 Å². The summed E-state index contributed by atoms with van der Waals surface area (Å²) >= 11 is 1.90. The lowest BCUT2D eigenvalue weighted by Crippen LogP contribution is -2.00. The van der Waals surface area contributed by atoms with E-state index in [0.717, 1.165) is 17.4 Å². The molecule has 1 aromatic rings. The zero-order valence-corrected chi connectivity index (χ0v) is 9.77. The molecule has 3 nitrogen and oxygen atoms in total. The van der Waals surface area contributed by atoms with Gasteiger partial charge in [0, 0.05) is 18.5 Å². The van der Waals surface area contributed by atoms with Gasteiger partial charge < -0.3 is 5.32 Å². The fraction of sp³-hybridized carbons (Fsp3) is 0.600. The number of thioether (sulfide) groups is 1. The first kappa shape index (κ1) is 11.3. The van der Waals surface area contributed by atoms with Gasteiger partial charge in [0.2, 0.25) is 0 Å². The Morgan fingerprint density at radius 2 is 2.36 bits per heavy atom. The monoisotopic (exact) mass is 211 g/mol. The Morgan fingerprint density at radius 1 is 1.57 bits per heavy atom. The van der Waals surface area contributed by atoms with Crippen molar-refractivity contribution in [3.63, 3.8) is 0 Å². The SMILES string of the molecule is CCC(C)SCc1nccc(NC)n1. The maximum absolute atomic E-state index is 4.35. The van der Waals surface area contributed by atoms with Gasteiger partial charge in [-0.25, -0.2) is 9.97 Å². The molecule has 14 heavy (non-hydrogen) atoms. The Bertz CT molecular complexity index is 278. The summed E-state index contributed by atoms with van der Waals surface area (Å²) in [5.41, 5.74) is 0. The first-order valence-corrected chi connectivity index (χ1v) is 5.92. The van der Waals surface area contributed by atoms with Crippen LogP contribution in [0.2, 0.25) is 0 Å². The van der Waals surface area contributed by atoms with E-state index in [1.807, 2.05) is 24.9 Å². The predicted octanol–water partition coefficient (Wildman–Crippen LogP) is 2.55. The molecule has 1 rings (SSSR count). The van der Waals surface area contributed by atoms with E-state index in [0.29, 0.717) is 5.25 Å². The van der Waals surface area contributed by atoms with E-state index >= 15 is 0 Å². The second-order valence-corrected chi connectivity index (χ2v) is 4.56. The number of nitrogens with zero attached hydrogens (tertiary/aromatic N) is 2. The number of anilines is 1. The van der Waals surface area contributed by atoms with Gasteiger partial charge in [0.1, 0.15) is 11.6 Å². The lowest BCUT2D eigenvalue weighted by molar-refractivity contribution is 0.901.